The number of hydrogen-bond donors (Lipinski definition) is 1. The molecular weight excluding hydrogens is 212 g/mol. The first-order chi connectivity index (χ1) is 8.08. The number of likely N-dealkylation sites (N-methyl/N-ethyl adjacent to an activating group) is 1. The van der Waals surface area contributed by atoms with E-state index in [0.717, 1.165) is 17.8 Å². The molecule has 1 aromatic rings. The molecule has 1 aromatic carbocycles. The summed E-state index contributed by atoms with van der Waals surface area (Å²) in [7, 11) is 2.04. The molecule has 1 heterocycles. The Bertz CT molecular complexity index is 453. The number of nitrogens with one attached hydrogen (secondary N) is 1. The minimum absolute atomic E-state index is 0.0730. The van der Waals surface area contributed by atoms with E-state index in [9.17, 15) is 4.79 Å². The molecule has 1 atom stereocenters. The van der Waals surface area contributed by atoms with Gasteiger partial charge in [-0.1, -0.05) is 18.7 Å². The minimum atomic E-state index is 0.0730. The fourth-order valence-corrected chi connectivity index (χ4v) is 2.22. The number of benzene rings is 1. The van der Waals surface area contributed by atoms with Crippen molar-refractivity contribution in [2.24, 2.45) is 0 Å². The highest BCUT2D eigenvalue weighted by atomic mass is 16.1. The van der Waals surface area contributed by atoms with Crippen LogP contribution in [0.1, 0.15) is 18.4 Å². The van der Waals surface area contributed by atoms with Crippen LogP contribution in [-0.4, -0.2) is 19.0 Å². The first-order valence-electron chi connectivity index (χ1n) is 5.86. The van der Waals surface area contributed by atoms with Crippen LogP contribution in [0.5, 0.6) is 0 Å². The second-order valence-electron chi connectivity index (χ2n) is 4.58. The maximum Gasteiger partial charge on any atom is 0.224 e. The topological polar surface area (TPSA) is 32.3 Å². The van der Waals surface area contributed by atoms with Gasteiger partial charge in [0.05, 0.1) is 6.04 Å². The van der Waals surface area contributed by atoms with Gasteiger partial charge in [0, 0.05) is 24.9 Å². The van der Waals surface area contributed by atoms with E-state index >= 15 is 0 Å². The number of aryl methyl sites for hydroxylation is 1. The molecule has 0 aliphatic carbocycles. The van der Waals surface area contributed by atoms with E-state index in [0.29, 0.717) is 6.42 Å². The van der Waals surface area contributed by atoms with Crippen molar-refractivity contribution < 1.29 is 4.79 Å². The van der Waals surface area contributed by atoms with E-state index in [1.54, 1.807) is 0 Å². The van der Waals surface area contributed by atoms with Gasteiger partial charge in [0.1, 0.15) is 0 Å². The first-order valence-corrected chi connectivity index (χ1v) is 5.86. The first kappa shape index (κ1) is 11.7. The van der Waals surface area contributed by atoms with Crippen molar-refractivity contribution in [2.75, 3.05) is 11.9 Å². The van der Waals surface area contributed by atoms with Crippen LogP contribution in [0.2, 0.25) is 0 Å². The summed E-state index contributed by atoms with van der Waals surface area (Å²) in [4.78, 5) is 13.4. The zero-order valence-electron chi connectivity index (χ0n) is 10.4. The van der Waals surface area contributed by atoms with Gasteiger partial charge in [-0.25, -0.2) is 0 Å². The van der Waals surface area contributed by atoms with Gasteiger partial charge in [0.15, 0.2) is 0 Å². The predicted molar refractivity (Wildman–Crippen MR) is 69.9 cm³/mol. The minimum Gasteiger partial charge on any atom is -0.366 e. The Labute approximate surface area is 102 Å². The van der Waals surface area contributed by atoms with Crippen LogP contribution in [0.25, 0.3) is 0 Å². The van der Waals surface area contributed by atoms with Crippen molar-refractivity contribution in [3.63, 3.8) is 0 Å². The lowest BCUT2D eigenvalue weighted by molar-refractivity contribution is -0.121. The molecule has 2 rings (SSSR count). The van der Waals surface area contributed by atoms with Gasteiger partial charge in [0.25, 0.3) is 0 Å². The van der Waals surface area contributed by atoms with E-state index in [4.69, 9.17) is 0 Å². The van der Waals surface area contributed by atoms with Crippen LogP contribution >= 0.6 is 0 Å². The van der Waals surface area contributed by atoms with Crippen molar-refractivity contribution >= 4 is 11.6 Å². The molecule has 90 valence electrons. The number of nitrogens with zero attached hydrogens (tertiary/aromatic N) is 1. The molecule has 1 aliphatic rings. The molecule has 1 N–H and O–H groups in total. The largest absolute Gasteiger partial charge is 0.366 e. The third kappa shape index (κ3) is 2.49. The number of piperidine rings is 1. The Morgan fingerprint density at radius 2 is 2.24 bits per heavy atom. The molecule has 1 saturated heterocycles. The van der Waals surface area contributed by atoms with Gasteiger partial charge >= 0.3 is 0 Å². The Morgan fingerprint density at radius 1 is 1.47 bits per heavy atom. The molecule has 1 fully saturated rings. The molecule has 0 bridgehead atoms. The van der Waals surface area contributed by atoms with Crippen molar-refractivity contribution in [3.8, 4) is 0 Å². The third-order valence-electron chi connectivity index (χ3n) is 3.22. The van der Waals surface area contributed by atoms with Crippen molar-refractivity contribution in [1.29, 1.82) is 0 Å². The second kappa shape index (κ2) is 4.62. The van der Waals surface area contributed by atoms with Gasteiger partial charge in [-0.3, -0.25) is 4.79 Å². The van der Waals surface area contributed by atoms with Crippen LogP contribution < -0.4 is 10.2 Å². The molecule has 0 radical (unpaired) electrons. The lowest BCUT2D eigenvalue weighted by Gasteiger charge is -2.34. The number of carbonyl (C=O) groups excluding carboxylic acids is 1. The molecule has 17 heavy (non-hydrogen) atoms. The molecule has 1 unspecified atom stereocenters. The highest BCUT2D eigenvalue weighted by molar-refractivity contribution is 5.79. The van der Waals surface area contributed by atoms with Gasteiger partial charge < -0.3 is 10.2 Å². The fourth-order valence-electron chi connectivity index (χ4n) is 2.22. The summed E-state index contributed by atoms with van der Waals surface area (Å²) >= 11 is 0. The smallest absolute Gasteiger partial charge is 0.224 e. The maximum absolute atomic E-state index is 11.2. The number of rotatable bonds is 2. The number of carbonyl (C=O) groups is 1. The number of hydrogen-bond acceptors (Lipinski definition) is 2. The zero-order chi connectivity index (χ0) is 12.4. The lowest BCUT2D eigenvalue weighted by atomic mass is 10.0. The summed E-state index contributed by atoms with van der Waals surface area (Å²) in [6.07, 6.45) is 1.40. The Morgan fingerprint density at radius 3 is 2.88 bits per heavy atom. The third-order valence-corrected chi connectivity index (χ3v) is 3.22. The van der Waals surface area contributed by atoms with Crippen LogP contribution in [0.4, 0.5) is 5.69 Å². The van der Waals surface area contributed by atoms with Crippen LogP contribution in [0.15, 0.2) is 36.5 Å². The average molecular weight is 230 g/mol. The van der Waals surface area contributed by atoms with Crippen molar-refractivity contribution in [3.05, 3.63) is 42.1 Å². The van der Waals surface area contributed by atoms with Gasteiger partial charge in [-0.05, 0) is 31.0 Å². The van der Waals surface area contributed by atoms with Crippen molar-refractivity contribution in [1.82, 2.24) is 5.32 Å². The number of anilines is 1. The molecule has 1 amide bonds. The summed E-state index contributed by atoms with van der Waals surface area (Å²) in [6.45, 7) is 6.02. The summed E-state index contributed by atoms with van der Waals surface area (Å²) in [5, 5.41) is 2.82. The van der Waals surface area contributed by atoms with Crippen LogP contribution in [0.3, 0.4) is 0 Å². The Balaban J connectivity index is 2.17. The van der Waals surface area contributed by atoms with E-state index in [2.05, 4.69) is 41.9 Å². The molecule has 0 spiro atoms. The molecule has 1 aliphatic heterocycles. The van der Waals surface area contributed by atoms with Gasteiger partial charge in [0.2, 0.25) is 5.91 Å². The summed E-state index contributed by atoms with van der Waals surface area (Å²) in [6, 6.07) is 8.54. The molecule has 0 saturated carbocycles. The van der Waals surface area contributed by atoms with E-state index in [1.165, 1.54) is 5.56 Å². The molecule has 3 nitrogen and oxygen atoms in total. The van der Waals surface area contributed by atoms with E-state index < -0.39 is 0 Å². The van der Waals surface area contributed by atoms with Crippen LogP contribution in [-0.2, 0) is 4.79 Å². The predicted octanol–water partition coefficient (Wildman–Crippen LogP) is 2.22. The Hall–Kier alpha value is -1.77. The normalized spacial score (nSPS) is 20.0. The number of amides is 1. The molecule has 0 aromatic heterocycles. The quantitative estimate of drug-likeness (QED) is 0.845. The SMILES string of the molecule is C=C1NC(=O)CCC1N(C)c1cccc(C)c1. The maximum atomic E-state index is 11.2. The Kier molecular flexibility index (Phi) is 3.18. The summed E-state index contributed by atoms with van der Waals surface area (Å²) < 4.78 is 0. The fraction of sp³-hybridized carbons (Fsp3) is 0.357. The molecule has 3 heteroatoms. The monoisotopic (exact) mass is 230 g/mol. The van der Waals surface area contributed by atoms with Gasteiger partial charge in [-0.2, -0.15) is 0 Å². The molecular formula is C14H18N2O. The zero-order valence-corrected chi connectivity index (χ0v) is 10.4. The van der Waals surface area contributed by atoms with Crippen LogP contribution in [0, 0.1) is 6.92 Å². The van der Waals surface area contributed by atoms with Gasteiger partial charge in [-0.15, -0.1) is 0 Å². The standard InChI is InChI=1S/C14H18N2O/c1-10-5-4-6-12(9-10)16(3)13-7-8-14(17)15-11(13)2/h4-6,9,13H,2,7-8H2,1,3H3,(H,15,17). The average Bonchev–Trinajstić information content (AvgIpc) is 2.28. The highest BCUT2D eigenvalue weighted by Gasteiger charge is 2.25. The summed E-state index contributed by atoms with van der Waals surface area (Å²) in [5.74, 6) is 0.0730. The van der Waals surface area contributed by atoms with E-state index in [1.807, 2.05) is 13.1 Å². The summed E-state index contributed by atoms with van der Waals surface area (Å²) in [5.41, 5.74) is 3.19. The van der Waals surface area contributed by atoms with Crippen molar-refractivity contribution in [2.45, 2.75) is 25.8 Å². The van der Waals surface area contributed by atoms with E-state index in [-0.39, 0.29) is 11.9 Å². The second-order valence-corrected chi connectivity index (χ2v) is 4.58. The lowest BCUT2D eigenvalue weighted by Crippen LogP contribution is -2.44. The highest BCUT2D eigenvalue weighted by Crippen LogP contribution is 2.23.